The predicted octanol–water partition coefficient (Wildman–Crippen LogP) is 3.80. The average molecular weight is 355 g/mol. The third-order valence-electron chi connectivity index (χ3n) is 5.72. The van der Waals surface area contributed by atoms with Gasteiger partial charge in [0.2, 0.25) is 0 Å². The lowest BCUT2D eigenvalue weighted by Gasteiger charge is -2.27. The van der Waals surface area contributed by atoms with E-state index in [2.05, 4.69) is 58.0 Å². The van der Waals surface area contributed by atoms with Crippen molar-refractivity contribution < 1.29 is 0 Å². The number of nitrogens with one attached hydrogen (secondary N) is 2. The van der Waals surface area contributed by atoms with Crippen LogP contribution in [-0.2, 0) is 0 Å². The first-order valence-electron chi connectivity index (χ1n) is 9.35. The first-order chi connectivity index (χ1) is 12.2. The molecule has 1 aromatic heterocycles. The average Bonchev–Trinajstić information content (AvgIpc) is 2.99. The summed E-state index contributed by atoms with van der Waals surface area (Å²) < 4.78 is 0. The molecule has 0 unspecified atom stereocenters. The lowest BCUT2D eigenvalue weighted by atomic mass is 9.84. The molecule has 25 heavy (non-hydrogen) atoms. The van der Waals surface area contributed by atoms with Crippen molar-refractivity contribution in [3.05, 3.63) is 42.2 Å². The van der Waals surface area contributed by atoms with Crippen LogP contribution in [0.5, 0.6) is 0 Å². The number of hydrogen-bond donors (Lipinski definition) is 2. The molecule has 2 aliphatic heterocycles. The Bertz CT molecular complexity index is 735. The summed E-state index contributed by atoms with van der Waals surface area (Å²) in [5.74, 6) is 1.63. The molecule has 1 atom stereocenters. The number of hydrazine groups is 1. The van der Waals surface area contributed by atoms with Crippen molar-refractivity contribution in [2.45, 2.75) is 38.6 Å². The van der Waals surface area contributed by atoms with Crippen LogP contribution in [0.2, 0.25) is 0 Å². The van der Waals surface area contributed by atoms with E-state index in [4.69, 9.17) is 12.2 Å². The first kappa shape index (κ1) is 16.7. The number of thiocarbonyl (C=S) groups is 1. The molecular weight excluding hydrogens is 328 g/mol. The molecule has 0 radical (unpaired) electrons. The summed E-state index contributed by atoms with van der Waals surface area (Å²) in [6.07, 6.45) is 7.35. The minimum Gasteiger partial charge on any atom is -0.348 e. The van der Waals surface area contributed by atoms with Gasteiger partial charge in [0.1, 0.15) is 0 Å². The molecule has 3 aliphatic rings. The van der Waals surface area contributed by atoms with Crippen LogP contribution in [-0.4, -0.2) is 28.1 Å². The standard InChI is InChI=1S/C20H26N4S/c1-14(19-18-5-3-2-4-17(18)10-11-21-19)22-23-20(25)24-12-15-6-7-16(13-24)9-8-15/h2-5,10-11,14-16,22H,6-9,12-13H2,1H3,(H,23,25)/t14-,15?,16?/m0/s1. The van der Waals surface area contributed by atoms with Gasteiger partial charge in [0, 0.05) is 24.7 Å². The smallest absolute Gasteiger partial charge is 0.183 e. The highest BCUT2D eigenvalue weighted by atomic mass is 32.1. The van der Waals surface area contributed by atoms with Gasteiger partial charge in [0.05, 0.1) is 11.7 Å². The van der Waals surface area contributed by atoms with Crippen molar-refractivity contribution in [1.29, 1.82) is 0 Å². The zero-order valence-corrected chi connectivity index (χ0v) is 15.6. The lowest BCUT2D eigenvalue weighted by Crippen LogP contribution is -2.48. The van der Waals surface area contributed by atoms with Crippen LogP contribution in [0.15, 0.2) is 36.5 Å². The topological polar surface area (TPSA) is 40.2 Å². The Balaban J connectivity index is 1.41. The van der Waals surface area contributed by atoms with Gasteiger partial charge in [-0.1, -0.05) is 24.3 Å². The van der Waals surface area contributed by atoms with Gasteiger partial charge in [-0.15, -0.1) is 0 Å². The van der Waals surface area contributed by atoms with Gasteiger partial charge >= 0.3 is 0 Å². The predicted molar refractivity (Wildman–Crippen MR) is 106 cm³/mol. The fraction of sp³-hybridized carbons (Fsp3) is 0.500. The third kappa shape index (κ3) is 3.62. The molecule has 5 heteroatoms. The van der Waals surface area contributed by atoms with Gasteiger partial charge in [-0.2, -0.15) is 0 Å². The largest absolute Gasteiger partial charge is 0.348 e. The maximum absolute atomic E-state index is 5.66. The molecule has 5 rings (SSSR count). The van der Waals surface area contributed by atoms with E-state index < -0.39 is 0 Å². The zero-order chi connectivity index (χ0) is 17.2. The summed E-state index contributed by atoms with van der Waals surface area (Å²) in [5, 5.41) is 3.23. The number of benzene rings is 1. The second-order valence-corrected chi connectivity index (χ2v) is 7.89. The van der Waals surface area contributed by atoms with Crippen LogP contribution in [0, 0.1) is 11.8 Å². The summed E-state index contributed by atoms with van der Waals surface area (Å²) in [6, 6.07) is 10.5. The summed E-state index contributed by atoms with van der Waals surface area (Å²) in [5.41, 5.74) is 7.69. The number of rotatable bonds is 3. The second kappa shape index (κ2) is 7.26. The highest BCUT2D eigenvalue weighted by molar-refractivity contribution is 7.80. The number of hydrogen-bond acceptors (Lipinski definition) is 3. The van der Waals surface area contributed by atoms with Crippen LogP contribution in [0.4, 0.5) is 0 Å². The number of fused-ring (bicyclic) bond motifs is 5. The van der Waals surface area contributed by atoms with Gasteiger partial charge < -0.3 is 4.90 Å². The van der Waals surface area contributed by atoms with Crippen molar-refractivity contribution in [2.75, 3.05) is 13.1 Å². The van der Waals surface area contributed by atoms with Crippen LogP contribution in [0.25, 0.3) is 10.8 Å². The van der Waals surface area contributed by atoms with E-state index >= 15 is 0 Å². The molecule has 2 bridgehead atoms. The minimum absolute atomic E-state index is 0.0766. The van der Waals surface area contributed by atoms with Crippen molar-refractivity contribution in [2.24, 2.45) is 11.8 Å². The highest BCUT2D eigenvalue weighted by Crippen LogP contribution is 2.33. The summed E-state index contributed by atoms with van der Waals surface area (Å²) in [4.78, 5) is 6.95. The Hall–Kier alpha value is -1.72. The third-order valence-corrected chi connectivity index (χ3v) is 6.08. The van der Waals surface area contributed by atoms with Gasteiger partial charge in [-0.25, -0.2) is 5.43 Å². The Labute approximate surface area is 155 Å². The van der Waals surface area contributed by atoms with E-state index in [0.717, 1.165) is 35.7 Å². The lowest BCUT2D eigenvalue weighted by molar-refractivity contribution is 0.326. The van der Waals surface area contributed by atoms with Crippen LogP contribution in [0.1, 0.15) is 44.3 Å². The Kier molecular flexibility index (Phi) is 4.86. The molecular formula is C20H26N4S. The molecule has 2 saturated heterocycles. The number of nitrogens with zero attached hydrogens (tertiary/aromatic N) is 2. The minimum atomic E-state index is 0.0766. The molecule has 132 valence electrons. The quantitative estimate of drug-likeness (QED) is 0.648. The van der Waals surface area contributed by atoms with E-state index in [1.165, 1.54) is 36.5 Å². The van der Waals surface area contributed by atoms with E-state index in [-0.39, 0.29) is 6.04 Å². The fourth-order valence-corrected chi connectivity index (χ4v) is 4.47. The molecule has 1 aromatic carbocycles. The Morgan fingerprint density at radius 1 is 1.12 bits per heavy atom. The van der Waals surface area contributed by atoms with E-state index in [1.54, 1.807) is 0 Å². The zero-order valence-electron chi connectivity index (χ0n) is 14.7. The van der Waals surface area contributed by atoms with E-state index in [9.17, 15) is 0 Å². The molecule has 1 saturated carbocycles. The highest BCUT2D eigenvalue weighted by Gasteiger charge is 2.30. The monoisotopic (exact) mass is 354 g/mol. The molecule has 2 N–H and O–H groups in total. The molecule has 1 aliphatic carbocycles. The van der Waals surface area contributed by atoms with Crippen LogP contribution in [0.3, 0.4) is 0 Å². The first-order valence-corrected chi connectivity index (χ1v) is 9.75. The second-order valence-electron chi connectivity index (χ2n) is 7.51. The summed E-state index contributed by atoms with van der Waals surface area (Å²) in [7, 11) is 0. The van der Waals surface area contributed by atoms with Crippen LogP contribution < -0.4 is 10.9 Å². The van der Waals surface area contributed by atoms with Crippen molar-refractivity contribution in [3.8, 4) is 0 Å². The van der Waals surface area contributed by atoms with E-state index in [1.807, 2.05) is 6.20 Å². The van der Waals surface area contributed by atoms with Crippen molar-refractivity contribution in [1.82, 2.24) is 20.7 Å². The van der Waals surface area contributed by atoms with Gasteiger partial charge in [0.25, 0.3) is 0 Å². The molecule has 4 nitrogen and oxygen atoms in total. The molecule has 3 fully saturated rings. The normalized spacial score (nSPS) is 24.1. The molecule has 0 spiro atoms. The van der Waals surface area contributed by atoms with Crippen molar-refractivity contribution >= 4 is 28.1 Å². The summed E-state index contributed by atoms with van der Waals surface area (Å²) >= 11 is 5.66. The maximum atomic E-state index is 5.66. The SMILES string of the molecule is C[C@H](NNC(=S)N1CC2CCC(CC2)C1)c1nccc2ccccc12. The fourth-order valence-electron chi connectivity index (χ4n) is 4.27. The van der Waals surface area contributed by atoms with Gasteiger partial charge in [-0.3, -0.25) is 10.4 Å². The number of aromatic nitrogens is 1. The molecule has 0 amide bonds. The Morgan fingerprint density at radius 3 is 2.52 bits per heavy atom. The van der Waals surface area contributed by atoms with Crippen molar-refractivity contribution in [3.63, 3.8) is 0 Å². The van der Waals surface area contributed by atoms with Crippen LogP contribution >= 0.6 is 12.2 Å². The Morgan fingerprint density at radius 2 is 1.80 bits per heavy atom. The summed E-state index contributed by atoms with van der Waals surface area (Å²) in [6.45, 7) is 4.33. The molecule has 3 heterocycles. The molecule has 2 aromatic rings. The number of pyridine rings is 1. The van der Waals surface area contributed by atoms with Gasteiger partial charge in [-0.05, 0) is 68.1 Å². The van der Waals surface area contributed by atoms with Gasteiger partial charge in [0.15, 0.2) is 5.11 Å². The van der Waals surface area contributed by atoms with E-state index in [0.29, 0.717) is 0 Å². The maximum Gasteiger partial charge on any atom is 0.183 e.